The second kappa shape index (κ2) is 7.72. The number of hydrogen-bond acceptors (Lipinski definition) is 5. The Balaban J connectivity index is 0.000000180. The molecule has 2 amide bonds. The molecule has 0 aromatic heterocycles. The molecule has 2 aliphatic rings. The van der Waals surface area contributed by atoms with Crippen molar-refractivity contribution in [2.75, 3.05) is 39.3 Å². The van der Waals surface area contributed by atoms with E-state index in [1.807, 2.05) is 0 Å². The van der Waals surface area contributed by atoms with Crippen molar-refractivity contribution < 1.29 is 19.4 Å². The maximum Gasteiger partial charge on any atom is 0.407 e. The first-order valence-corrected chi connectivity index (χ1v) is 5.95. The molecule has 0 aliphatic carbocycles. The van der Waals surface area contributed by atoms with Gasteiger partial charge in [-0.2, -0.15) is 0 Å². The first-order chi connectivity index (χ1) is 8.59. The van der Waals surface area contributed by atoms with Gasteiger partial charge in [0.1, 0.15) is 6.10 Å². The number of carboxylic acid groups (broad SMARTS) is 1. The zero-order valence-corrected chi connectivity index (χ0v) is 10.2. The Kier molecular flexibility index (Phi) is 6.23. The van der Waals surface area contributed by atoms with E-state index in [1.54, 1.807) is 0 Å². The van der Waals surface area contributed by atoms with Crippen LogP contribution in [0.2, 0.25) is 0 Å². The highest BCUT2D eigenvalue weighted by molar-refractivity contribution is 5.65. The Bertz CT molecular complexity index is 275. The molecule has 0 aromatic carbocycles. The standard InChI is InChI=1S/2C5H10N2O2/c8-5(9)7-3-1-6-2-4-7;6-5(8)9-4-1-2-7-3-4/h6H,1-4H2,(H,8,9);4,7H,1-3H2,(H2,6,8)/t;4-/m.1/s1. The zero-order valence-electron chi connectivity index (χ0n) is 10.2. The molecule has 104 valence electrons. The van der Waals surface area contributed by atoms with Crippen LogP contribution in [0.15, 0.2) is 0 Å². The molecule has 18 heavy (non-hydrogen) atoms. The Morgan fingerprint density at radius 1 is 1.22 bits per heavy atom. The van der Waals surface area contributed by atoms with Crippen molar-refractivity contribution in [3.63, 3.8) is 0 Å². The van der Waals surface area contributed by atoms with E-state index in [0.717, 1.165) is 32.6 Å². The summed E-state index contributed by atoms with van der Waals surface area (Å²) in [4.78, 5) is 21.8. The van der Waals surface area contributed by atoms with E-state index in [0.29, 0.717) is 13.1 Å². The van der Waals surface area contributed by atoms with Crippen molar-refractivity contribution in [1.29, 1.82) is 0 Å². The Labute approximate surface area is 105 Å². The highest BCUT2D eigenvalue weighted by atomic mass is 16.6. The summed E-state index contributed by atoms with van der Waals surface area (Å²) in [7, 11) is 0. The number of amides is 2. The first kappa shape index (κ1) is 14.5. The lowest BCUT2D eigenvalue weighted by Crippen LogP contribution is -2.45. The molecule has 0 spiro atoms. The summed E-state index contributed by atoms with van der Waals surface area (Å²) in [6.07, 6.45) is -0.606. The summed E-state index contributed by atoms with van der Waals surface area (Å²) in [6.45, 7) is 4.46. The van der Waals surface area contributed by atoms with Gasteiger partial charge in [0.2, 0.25) is 0 Å². The second-order valence-electron chi connectivity index (χ2n) is 4.07. The molecular formula is C10H20N4O4. The van der Waals surface area contributed by atoms with E-state index >= 15 is 0 Å². The summed E-state index contributed by atoms with van der Waals surface area (Å²) in [5, 5.41) is 14.5. The van der Waals surface area contributed by atoms with Crippen molar-refractivity contribution >= 4 is 12.2 Å². The third-order valence-corrected chi connectivity index (χ3v) is 2.69. The minimum Gasteiger partial charge on any atom is -0.465 e. The van der Waals surface area contributed by atoms with E-state index in [1.165, 1.54) is 4.90 Å². The Hall–Kier alpha value is -1.54. The molecule has 8 heteroatoms. The molecule has 0 saturated carbocycles. The van der Waals surface area contributed by atoms with Gasteiger partial charge in [-0.05, 0) is 13.0 Å². The predicted octanol–water partition coefficient (Wildman–Crippen LogP) is -0.987. The molecule has 0 unspecified atom stereocenters. The van der Waals surface area contributed by atoms with Crippen LogP contribution < -0.4 is 16.4 Å². The highest BCUT2D eigenvalue weighted by Gasteiger charge is 2.16. The van der Waals surface area contributed by atoms with Gasteiger partial charge in [-0.15, -0.1) is 0 Å². The number of rotatable bonds is 1. The molecule has 5 N–H and O–H groups in total. The normalized spacial score (nSPS) is 22.9. The lowest BCUT2D eigenvalue weighted by Gasteiger charge is -2.23. The molecule has 2 heterocycles. The second-order valence-corrected chi connectivity index (χ2v) is 4.07. The lowest BCUT2D eigenvalue weighted by molar-refractivity contribution is 0.116. The molecule has 0 aromatic rings. The van der Waals surface area contributed by atoms with Crippen LogP contribution in [0.5, 0.6) is 0 Å². The summed E-state index contributed by atoms with van der Waals surface area (Å²) in [6, 6.07) is 0. The topological polar surface area (TPSA) is 117 Å². The van der Waals surface area contributed by atoms with Crippen molar-refractivity contribution in [3.8, 4) is 0 Å². The number of hydrogen-bond donors (Lipinski definition) is 4. The van der Waals surface area contributed by atoms with Crippen LogP contribution in [0.4, 0.5) is 9.59 Å². The van der Waals surface area contributed by atoms with E-state index in [4.69, 9.17) is 10.8 Å². The average Bonchev–Trinajstić information content (AvgIpc) is 2.83. The number of carbonyl (C=O) groups excluding carboxylic acids is 1. The lowest BCUT2D eigenvalue weighted by atomic mass is 10.3. The smallest absolute Gasteiger partial charge is 0.407 e. The SMILES string of the molecule is NC(=O)O[C@@H]1CCNC1.O=C(O)N1CCNCC1. The van der Waals surface area contributed by atoms with Gasteiger partial charge in [0.15, 0.2) is 0 Å². The fourth-order valence-electron chi connectivity index (χ4n) is 1.75. The van der Waals surface area contributed by atoms with Crippen molar-refractivity contribution in [2.45, 2.75) is 12.5 Å². The number of ether oxygens (including phenoxy) is 1. The fourth-order valence-corrected chi connectivity index (χ4v) is 1.75. The number of nitrogens with one attached hydrogen (secondary N) is 2. The first-order valence-electron chi connectivity index (χ1n) is 5.95. The molecule has 2 fully saturated rings. The largest absolute Gasteiger partial charge is 0.465 e. The van der Waals surface area contributed by atoms with Crippen LogP contribution in [-0.4, -0.2) is 67.6 Å². The number of carbonyl (C=O) groups is 2. The Morgan fingerprint density at radius 2 is 1.89 bits per heavy atom. The highest BCUT2D eigenvalue weighted by Crippen LogP contribution is 2.01. The molecular weight excluding hydrogens is 240 g/mol. The van der Waals surface area contributed by atoms with Gasteiger partial charge in [0, 0.05) is 32.7 Å². The monoisotopic (exact) mass is 260 g/mol. The minimum atomic E-state index is -0.809. The van der Waals surface area contributed by atoms with Gasteiger partial charge >= 0.3 is 12.2 Å². The predicted molar refractivity (Wildman–Crippen MR) is 64.4 cm³/mol. The van der Waals surface area contributed by atoms with Crippen molar-refractivity contribution in [3.05, 3.63) is 0 Å². The van der Waals surface area contributed by atoms with Gasteiger partial charge in [-0.1, -0.05) is 0 Å². The van der Waals surface area contributed by atoms with Crippen LogP contribution in [-0.2, 0) is 4.74 Å². The van der Waals surface area contributed by atoms with Gasteiger partial charge < -0.3 is 31.1 Å². The summed E-state index contributed by atoms with van der Waals surface area (Å²) >= 11 is 0. The van der Waals surface area contributed by atoms with Gasteiger partial charge in [-0.3, -0.25) is 0 Å². The van der Waals surface area contributed by atoms with Crippen LogP contribution in [0.3, 0.4) is 0 Å². The van der Waals surface area contributed by atoms with Crippen molar-refractivity contribution in [1.82, 2.24) is 15.5 Å². The molecule has 1 atom stereocenters. The zero-order chi connectivity index (χ0) is 13.4. The van der Waals surface area contributed by atoms with E-state index in [2.05, 4.69) is 15.4 Å². The Morgan fingerprint density at radius 3 is 2.28 bits per heavy atom. The van der Waals surface area contributed by atoms with E-state index in [-0.39, 0.29) is 6.10 Å². The molecule has 2 saturated heterocycles. The average molecular weight is 260 g/mol. The maximum atomic E-state index is 10.3. The summed E-state index contributed by atoms with van der Waals surface area (Å²) < 4.78 is 4.69. The third kappa shape index (κ3) is 5.69. The number of piperazine rings is 1. The van der Waals surface area contributed by atoms with Crippen molar-refractivity contribution in [2.24, 2.45) is 5.73 Å². The number of nitrogens with two attached hydrogens (primary N) is 1. The van der Waals surface area contributed by atoms with Gasteiger partial charge in [-0.25, -0.2) is 9.59 Å². The third-order valence-electron chi connectivity index (χ3n) is 2.69. The van der Waals surface area contributed by atoms with E-state index in [9.17, 15) is 9.59 Å². The fraction of sp³-hybridized carbons (Fsp3) is 0.800. The number of primary amides is 1. The van der Waals surface area contributed by atoms with Gasteiger partial charge in [0.05, 0.1) is 0 Å². The molecule has 8 nitrogen and oxygen atoms in total. The maximum absolute atomic E-state index is 10.3. The minimum absolute atomic E-state index is 0.00231. The van der Waals surface area contributed by atoms with Crippen LogP contribution in [0, 0.1) is 0 Å². The van der Waals surface area contributed by atoms with Crippen LogP contribution in [0.25, 0.3) is 0 Å². The molecule has 2 rings (SSSR count). The molecule has 2 aliphatic heterocycles. The molecule has 0 radical (unpaired) electrons. The van der Waals surface area contributed by atoms with Gasteiger partial charge in [0.25, 0.3) is 0 Å². The summed E-state index contributed by atoms with van der Waals surface area (Å²) in [5.41, 5.74) is 4.78. The van der Waals surface area contributed by atoms with E-state index < -0.39 is 12.2 Å². The summed E-state index contributed by atoms with van der Waals surface area (Å²) in [5.74, 6) is 0. The van der Waals surface area contributed by atoms with Crippen LogP contribution in [0.1, 0.15) is 6.42 Å². The molecule has 0 bridgehead atoms. The number of nitrogens with zero attached hydrogens (tertiary/aromatic N) is 1. The van der Waals surface area contributed by atoms with Crippen LogP contribution >= 0.6 is 0 Å². The quantitative estimate of drug-likeness (QED) is 0.481.